The van der Waals surface area contributed by atoms with Gasteiger partial charge < -0.3 is 24.7 Å². The van der Waals surface area contributed by atoms with Crippen LogP contribution in [-0.2, 0) is 11.4 Å². The topological polar surface area (TPSA) is 104 Å². The third-order valence-corrected chi connectivity index (χ3v) is 8.67. The monoisotopic (exact) mass is 594 g/mol. The largest absolute Gasteiger partial charge is 0.490 e. The van der Waals surface area contributed by atoms with Gasteiger partial charge in [0, 0.05) is 11.6 Å². The van der Waals surface area contributed by atoms with E-state index in [2.05, 4.69) is 32.0 Å². The Morgan fingerprint density at radius 1 is 0.977 bits per heavy atom. The van der Waals surface area contributed by atoms with Crippen molar-refractivity contribution in [3.05, 3.63) is 94.4 Å². The molecule has 1 fully saturated rings. The molecule has 0 amide bonds. The van der Waals surface area contributed by atoms with Crippen molar-refractivity contribution in [1.82, 2.24) is 0 Å². The zero-order valence-electron chi connectivity index (χ0n) is 25.9. The normalized spacial score (nSPS) is 19.4. The highest BCUT2D eigenvalue weighted by Crippen LogP contribution is 2.45. The van der Waals surface area contributed by atoms with Gasteiger partial charge in [-0.1, -0.05) is 68.1 Å². The molecule has 1 aliphatic carbocycles. The summed E-state index contributed by atoms with van der Waals surface area (Å²) in [5, 5.41) is 10.1. The van der Waals surface area contributed by atoms with Crippen LogP contribution in [0.1, 0.15) is 87.0 Å². The lowest BCUT2D eigenvalue weighted by molar-refractivity contribution is -0.140. The van der Waals surface area contributed by atoms with Gasteiger partial charge in [0.25, 0.3) is 0 Å². The van der Waals surface area contributed by atoms with Crippen molar-refractivity contribution >= 4 is 5.97 Å². The third kappa shape index (κ3) is 7.19. The summed E-state index contributed by atoms with van der Waals surface area (Å²) in [6.45, 7) is 7.04. The van der Waals surface area contributed by atoms with E-state index >= 15 is 0 Å². The molecule has 1 heterocycles. The molecule has 2 aliphatic rings. The molecule has 5 rings (SSSR count). The molecule has 0 radical (unpaired) electrons. The number of nitrogens with two attached hydrogens (primary N) is 1. The number of esters is 1. The molecule has 1 saturated carbocycles. The Hall–Kier alpha value is -4.44. The number of benzene rings is 3. The van der Waals surface area contributed by atoms with Crippen molar-refractivity contribution in [2.75, 3.05) is 6.61 Å². The van der Waals surface area contributed by atoms with Crippen molar-refractivity contribution in [1.29, 1.82) is 5.26 Å². The SMILES string of the molecule is CCCCC1CCC(C(=O)Oc2ccc3c(c2)OC(N)=C(C#N)C3c2ccc(OCc3ccc(C)cc3)c(OCC)c2)CC1. The summed E-state index contributed by atoms with van der Waals surface area (Å²) in [4.78, 5) is 13.0. The number of aryl methyl sites for hydroxylation is 1. The van der Waals surface area contributed by atoms with Crippen LogP contribution in [0.2, 0.25) is 0 Å². The number of hydrogen-bond donors (Lipinski definition) is 1. The van der Waals surface area contributed by atoms with Crippen LogP contribution in [-0.4, -0.2) is 12.6 Å². The first-order valence-electron chi connectivity index (χ1n) is 15.8. The van der Waals surface area contributed by atoms with E-state index in [1.54, 1.807) is 12.1 Å². The molecular weight excluding hydrogens is 552 g/mol. The molecule has 7 nitrogen and oxygen atoms in total. The van der Waals surface area contributed by atoms with Gasteiger partial charge in [-0.25, -0.2) is 0 Å². The third-order valence-electron chi connectivity index (χ3n) is 8.67. The summed E-state index contributed by atoms with van der Waals surface area (Å²) in [7, 11) is 0. The van der Waals surface area contributed by atoms with Crippen molar-refractivity contribution in [2.24, 2.45) is 17.6 Å². The van der Waals surface area contributed by atoms with Crippen LogP contribution in [0.4, 0.5) is 0 Å². The quantitative estimate of drug-likeness (QED) is 0.177. The number of carbonyl (C=O) groups excluding carboxylic acids is 1. The van der Waals surface area contributed by atoms with Gasteiger partial charge in [0.15, 0.2) is 11.5 Å². The molecule has 2 N–H and O–H groups in total. The molecule has 0 aromatic heterocycles. The van der Waals surface area contributed by atoms with Gasteiger partial charge >= 0.3 is 5.97 Å². The van der Waals surface area contributed by atoms with Crippen molar-refractivity contribution in [2.45, 2.75) is 78.2 Å². The van der Waals surface area contributed by atoms with Crippen molar-refractivity contribution in [3.63, 3.8) is 0 Å². The molecule has 1 atom stereocenters. The highest BCUT2D eigenvalue weighted by molar-refractivity contribution is 5.75. The summed E-state index contributed by atoms with van der Waals surface area (Å²) in [6.07, 6.45) is 7.59. The van der Waals surface area contributed by atoms with E-state index in [9.17, 15) is 10.1 Å². The maximum absolute atomic E-state index is 13.0. The second kappa shape index (κ2) is 14.4. The number of ether oxygens (including phenoxy) is 4. The fourth-order valence-electron chi connectivity index (χ4n) is 6.16. The highest BCUT2D eigenvalue weighted by atomic mass is 16.5. The van der Waals surface area contributed by atoms with E-state index in [-0.39, 0.29) is 17.8 Å². The van der Waals surface area contributed by atoms with Crippen molar-refractivity contribution < 1.29 is 23.7 Å². The zero-order chi connectivity index (χ0) is 31.1. The number of allylic oxidation sites excluding steroid dienone is 1. The second-order valence-electron chi connectivity index (χ2n) is 11.8. The molecule has 1 aliphatic heterocycles. The van der Waals surface area contributed by atoms with E-state index in [1.165, 1.54) is 24.8 Å². The lowest BCUT2D eigenvalue weighted by Crippen LogP contribution is -2.26. The summed E-state index contributed by atoms with van der Waals surface area (Å²) < 4.78 is 23.8. The minimum absolute atomic E-state index is 0.0246. The van der Waals surface area contributed by atoms with Crippen molar-refractivity contribution in [3.8, 4) is 29.1 Å². The van der Waals surface area contributed by atoms with Crippen LogP contribution in [0.25, 0.3) is 0 Å². The van der Waals surface area contributed by atoms with E-state index < -0.39 is 5.92 Å². The fraction of sp³-hybridized carbons (Fsp3) is 0.405. The molecule has 0 spiro atoms. The molecule has 0 saturated heterocycles. The Bertz CT molecular complexity index is 1530. The van der Waals surface area contributed by atoms with Gasteiger partial charge in [-0.3, -0.25) is 4.79 Å². The van der Waals surface area contributed by atoms with Crippen LogP contribution >= 0.6 is 0 Å². The Morgan fingerprint density at radius 2 is 1.75 bits per heavy atom. The molecule has 230 valence electrons. The first kappa shape index (κ1) is 31.0. The van der Waals surface area contributed by atoms with E-state index in [4.69, 9.17) is 24.7 Å². The van der Waals surface area contributed by atoms with E-state index in [0.717, 1.165) is 42.4 Å². The number of rotatable bonds is 11. The lowest BCUT2D eigenvalue weighted by Gasteiger charge is -2.28. The van der Waals surface area contributed by atoms with Gasteiger partial charge in [0.2, 0.25) is 5.88 Å². The summed E-state index contributed by atoms with van der Waals surface area (Å²) >= 11 is 0. The smallest absolute Gasteiger partial charge is 0.314 e. The Balaban J connectivity index is 1.34. The van der Waals surface area contributed by atoms with Gasteiger partial charge in [-0.05, 0) is 74.8 Å². The Morgan fingerprint density at radius 3 is 2.45 bits per heavy atom. The predicted octanol–water partition coefficient (Wildman–Crippen LogP) is 8.09. The number of unbranched alkanes of at least 4 members (excludes halogenated alkanes) is 1. The average molecular weight is 595 g/mol. The molecular formula is C37H42N2O5. The van der Waals surface area contributed by atoms with Gasteiger partial charge in [-0.2, -0.15) is 5.26 Å². The highest BCUT2D eigenvalue weighted by Gasteiger charge is 2.33. The number of nitrogens with zero attached hydrogens (tertiary/aromatic N) is 1. The maximum Gasteiger partial charge on any atom is 0.314 e. The van der Waals surface area contributed by atoms with Crippen LogP contribution in [0.3, 0.4) is 0 Å². The fourth-order valence-corrected chi connectivity index (χ4v) is 6.16. The lowest BCUT2D eigenvalue weighted by atomic mass is 9.80. The summed E-state index contributed by atoms with van der Waals surface area (Å²) in [5.41, 5.74) is 10.4. The van der Waals surface area contributed by atoms with E-state index in [1.807, 2.05) is 43.3 Å². The predicted molar refractivity (Wildman–Crippen MR) is 169 cm³/mol. The standard InChI is InChI=1S/C37H42N2O5/c1-4-6-7-25-12-14-27(15-13-25)37(40)43-29-17-18-30-33(21-29)44-36(39)31(22-38)35(30)28-16-19-32(34(20-28)41-5-2)42-23-26-10-8-24(3)9-11-26/h8-11,16-21,25,27,35H,4-7,12-15,23,39H2,1-3H3. The molecule has 3 aromatic carbocycles. The first-order chi connectivity index (χ1) is 21.4. The van der Waals surface area contributed by atoms with Gasteiger partial charge in [0.05, 0.1) is 18.4 Å². The van der Waals surface area contributed by atoms with Crippen LogP contribution in [0.5, 0.6) is 23.0 Å². The second-order valence-corrected chi connectivity index (χ2v) is 11.8. The number of hydrogen-bond acceptors (Lipinski definition) is 7. The van der Waals surface area contributed by atoms with Crippen LogP contribution in [0, 0.1) is 30.1 Å². The van der Waals surface area contributed by atoms with Crippen LogP contribution in [0.15, 0.2) is 72.1 Å². The Kier molecular flexibility index (Phi) is 10.1. The minimum atomic E-state index is -0.489. The summed E-state index contributed by atoms with van der Waals surface area (Å²) in [6, 6.07) is 21.4. The van der Waals surface area contributed by atoms with Crippen LogP contribution < -0.4 is 24.7 Å². The zero-order valence-corrected chi connectivity index (χ0v) is 25.9. The number of nitriles is 1. The molecule has 44 heavy (non-hydrogen) atoms. The van der Waals surface area contributed by atoms with E-state index in [0.29, 0.717) is 47.7 Å². The number of carbonyl (C=O) groups is 1. The number of fused-ring (bicyclic) bond motifs is 1. The molecule has 0 bridgehead atoms. The first-order valence-corrected chi connectivity index (χ1v) is 15.8. The molecule has 3 aromatic rings. The Labute approximate surface area is 260 Å². The van der Waals surface area contributed by atoms with Gasteiger partial charge in [-0.15, -0.1) is 0 Å². The summed E-state index contributed by atoms with van der Waals surface area (Å²) in [5.74, 6) is 2.02. The minimum Gasteiger partial charge on any atom is -0.490 e. The molecule has 7 heteroatoms. The average Bonchev–Trinajstić information content (AvgIpc) is 3.03. The maximum atomic E-state index is 13.0. The molecule has 1 unspecified atom stereocenters. The van der Waals surface area contributed by atoms with Gasteiger partial charge in [0.1, 0.15) is 29.7 Å².